The van der Waals surface area contributed by atoms with E-state index in [0.29, 0.717) is 16.1 Å². The van der Waals surface area contributed by atoms with Gasteiger partial charge in [0.15, 0.2) is 0 Å². The van der Waals surface area contributed by atoms with Crippen LogP contribution in [0.1, 0.15) is 36.7 Å². The fraction of sp³-hybridized carbons (Fsp3) is 0.278. The minimum Gasteiger partial charge on any atom is -0.387 e. The van der Waals surface area contributed by atoms with E-state index in [2.05, 4.69) is 0 Å². The Morgan fingerprint density at radius 3 is 2.38 bits per heavy atom. The average molecular weight is 365 g/mol. The minimum atomic E-state index is -3.57. The molecule has 1 atom stereocenters. The molecule has 1 aliphatic rings. The van der Waals surface area contributed by atoms with Crippen molar-refractivity contribution in [1.82, 2.24) is 0 Å². The van der Waals surface area contributed by atoms with Crippen LogP contribution in [0.2, 0.25) is 5.02 Å². The van der Waals surface area contributed by atoms with E-state index in [0.717, 1.165) is 11.1 Å². The number of halogens is 1. The number of fused-ring (bicyclic) bond motifs is 1. The van der Waals surface area contributed by atoms with E-state index < -0.39 is 18.7 Å². The summed E-state index contributed by atoms with van der Waals surface area (Å²) in [5.74, 6) is -0.614. The van der Waals surface area contributed by atoms with Crippen LogP contribution in [0.5, 0.6) is 0 Å². The Morgan fingerprint density at radius 1 is 1.12 bits per heavy atom. The molecule has 126 valence electrons. The molecule has 0 aromatic heterocycles. The number of carbonyl (C=O) groups excluding carboxylic acids is 1. The quantitative estimate of drug-likeness (QED) is 0.661. The molecule has 2 aromatic rings. The Hall–Kier alpha value is -1.61. The summed E-state index contributed by atoms with van der Waals surface area (Å²) in [5.41, 5.74) is 2.89. The molecule has 6 heteroatoms. The lowest BCUT2D eigenvalue weighted by atomic mass is 9.92. The molecule has 0 N–H and O–H groups in total. The van der Waals surface area contributed by atoms with E-state index in [1.54, 1.807) is 39.0 Å². The third kappa shape index (κ3) is 2.69. The highest BCUT2D eigenvalue weighted by Gasteiger charge is 2.52. The van der Waals surface area contributed by atoms with Gasteiger partial charge in [-0.15, -0.1) is 0 Å². The van der Waals surface area contributed by atoms with E-state index in [1.807, 2.05) is 24.3 Å². The van der Waals surface area contributed by atoms with Crippen LogP contribution >= 0.6 is 19.2 Å². The van der Waals surface area contributed by atoms with Crippen molar-refractivity contribution in [3.8, 4) is 11.1 Å². The highest BCUT2D eigenvalue weighted by atomic mass is 35.5. The second kappa shape index (κ2) is 6.03. The molecule has 0 amide bonds. The van der Waals surface area contributed by atoms with Gasteiger partial charge in [-0.05, 0) is 55.7 Å². The van der Waals surface area contributed by atoms with E-state index >= 15 is 0 Å². The molecular weight excluding hydrogens is 347 g/mol. The number of carbonyl (C=O) groups is 1. The molecule has 0 saturated heterocycles. The lowest BCUT2D eigenvalue weighted by Gasteiger charge is -2.37. The molecule has 4 nitrogen and oxygen atoms in total. The van der Waals surface area contributed by atoms with Crippen LogP contribution in [0.15, 0.2) is 42.5 Å². The first kappa shape index (κ1) is 17.2. The van der Waals surface area contributed by atoms with Crippen molar-refractivity contribution in [2.75, 3.05) is 6.61 Å². The molecule has 0 aliphatic carbocycles. The predicted molar refractivity (Wildman–Crippen MR) is 94.6 cm³/mol. The topological polar surface area (TPSA) is 52.6 Å². The summed E-state index contributed by atoms with van der Waals surface area (Å²) >= 11 is 5.92. The van der Waals surface area contributed by atoms with Gasteiger partial charge < -0.3 is 4.52 Å². The molecule has 2 aromatic carbocycles. The first-order valence-corrected chi connectivity index (χ1v) is 9.59. The van der Waals surface area contributed by atoms with Crippen molar-refractivity contribution in [2.24, 2.45) is 0 Å². The van der Waals surface area contributed by atoms with Gasteiger partial charge in [-0.2, -0.15) is 0 Å². The molecule has 0 radical (unpaired) electrons. The van der Waals surface area contributed by atoms with Gasteiger partial charge in [0.05, 0.1) is 12.2 Å². The van der Waals surface area contributed by atoms with Crippen LogP contribution in [-0.2, 0) is 18.8 Å². The van der Waals surface area contributed by atoms with E-state index in [9.17, 15) is 9.36 Å². The summed E-state index contributed by atoms with van der Waals surface area (Å²) in [6.45, 7) is 5.49. The van der Waals surface area contributed by atoms with Gasteiger partial charge in [-0.1, -0.05) is 35.9 Å². The summed E-state index contributed by atoms with van der Waals surface area (Å²) in [4.78, 5) is 12.4. The molecule has 3 rings (SSSR count). The maximum absolute atomic E-state index is 13.0. The van der Waals surface area contributed by atoms with E-state index in [4.69, 9.17) is 20.6 Å². The Kier molecular flexibility index (Phi) is 4.33. The van der Waals surface area contributed by atoms with Crippen LogP contribution in [0, 0.1) is 0 Å². The Bertz CT molecular complexity index is 843. The lowest BCUT2D eigenvalue weighted by Crippen LogP contribution is -2.30. The lowest BCUT2D eigenvalue weighted by molar-refractivity contribution is 0.0665. The highest BCUT2D eigenvalue weighted by molar-refractivity contribution is 7.55. The van der Waals surface area contributed by atoms with Crippen molar-refractivity contribution in [3.05, 3.63) is 58.6 Å². The maximum Gasteiger partial charge on any atom is 0.391 e. The van der Waals surface area contributed by atoms with Crippen molar-refractivity contribution < 1.29 is 18.4 Å². The van der Waals surface area contributed by atoms with Crippen LogP contribution in [0.25, 0.3) is 11.1 Å². The number of hydrogen-bond acceptors (Lipinski definition) is 4. The third-order valence-electron chi connectivity index (χ3n) is 4.26. The number of hydrogen-bond donors (Lipinski definition) is 0. The minimum absolute atomic E-state index is 0.214. The SMILES string of the molecule is CCOP1(=O)OC(=O)c2cc(-c3ccc(Cl)cc3)ccc2C1(C)C. The van der Waals surface area contributed by atoms with Gasteiger partial charge in [-0.25, -0.2) is 9.36 Å². The van der Waals surface area contributed by atoms with Gasteiger partial charge in [0.1, 0.15) is 5.16 Å². The zero-order chi connectivity index (χ0) is 17.5. The first-order chi connectivity index (χ1) is 11.3. The normalized spacial score (nSPS) is 21.9. The smallest absolute Gasteiger partial charge is 0.387 e. The van der Waals surface area contributed by atoms with Gasteiger partial charge in [0, 0.05) is 5.02 Å². The zero-order valence-corrected chi connectivity index (χ0v) is 15.4. The van der Waals surface area contributed by atoms with Gasteiger partial charge in [0.25, 0.3) is 0 Å². The van der Waals surface area contributed by atoms with E-state index in [-0.39, 0.29) is 6.61 Å². The van der Waals surface area contributed by atoms with Gasteiger partial charge in [-0.3, -0.25) is 4.52 Å². The summed E-state index contributed by atoms with van der Waals surface area (Å²) in [7, 11) is -3.57. The fourth-order valence-corrected chi connectivity index (χ4v) is 4.72. The van der Waals surface area contributed by atoms with Crippen molar-refractivity contribution >= 4 is 25.2 Å². The van der Waals surface area contributed by atoms with Crippen molar-refractivity contribution in [2.45, 2.75) is 25.9 Å². The Balaban J connectivity index is 2.11. The van der Waals surface area contributed by atoms with Gasteiger partial charge in [0.2, 0.25) is 0 Å². The standard InChI is InChI=1S/C18H18ClO4P/c1-4-22-24(21)18(2,3)16-10-7-13(11-15(16)17(20)23-24)12-5-8-14(19)9-6-12/h5-11H,4H2,1-3H3. The fourth-order valence-electron chi connectivity index (χ4n) is 2.85. The summed E-state index contributed by atoms with van der Waals surface area (Å²) in [6, 6.07) is 12.8. The van der Waals surface area contributed by atoms with Crippen LogP contribution in [0.3, 0.4) is 0 Å². The monoisotopic (exact) mass is 364 g/mol. The Morgan fingerprint density at radius 2 is 1.75 bits per heavy atom. The molecule has 0 fully saturated rings. The van der Waals surface area contributed by atoms with E-state index in [1.165, 1.54) is 0 Å². The number of benzene rings is 2. The molecule has 1 unspecified atom stereocenters. The number of rotatable bonds is 3. The summed E-state index contributed by atoms with van der Waals surface area (Å²) < 4.78 is 23.5. The van der Waals surface area contributed by atoms with Crippen molar-refractivity contribution in [1.29, 1.82) is 0 Å². The van der Waals surface area contributed by atoms with Crippen LogP contribution in [0.4, 0.5) is 0 Å². The predicted octanol–water partition coefficient (Wildman–Crippen LogP) is 5.64. The molecule has 1 aliphatic heterocycles. The largest absolute Gasteiger partial charge is 0.391 e. The molecule has 1 heterocycles. The van der Waals surface area contributed by atoms with Crippen molar-refractivity contribution in [3.63, 3.8) is 0 Å². The maximum atomic E-state index is 13.0. The Labute approximate surface area is 146 Å². The summed E-state index contributed by atoms with van der Waals surface area (Å²) in [5, 5.41) is -0.250. The van der Waals surface area contributed by atoms with Crippen LogP contribution in [-0.4, -0.2) is 12.6 Å². The van der Waals surface area contributed by atoms with Crippen LogP contribution < -0.4 is 0 Å². The van der Waals surface area contributed by atoms with Gasteiger partial charge >= 0.3 is 13.6 Å². The zero-order valence-electron chi connectivity index (χ0n) is 13.7. The summed E-state index contributed by atoms with van der Waals surface area (Å²) in [6.07, 6.45) is 0. The molecule has 0 bridgehead atoms. The average Bonchev–Trinajstić information content (AvgIpc) is 2.54. The second-order valence-electron chi connectivity index (χ2n) is 6.12. The first-order valence-electron chi connectivity index (χ1n) is 7.67. The third-order valence-corrected chi connectivity index (χ3v) is 7.13. The second-order valence-corrected chi connectivity index (χ2v) is 9.11. The molecule has 0 spiro atoms. The highest BCUT2D eigenvalue weighted by Crippen LogP contribution is 2.67. The molecule has 0 saturated carbocycles. The molecule has 24 heavy (non-hydrogen) atoms. The molecular formula is C18H18ClO4P.